The number of nitrogens with one attached hydrogen (secondary N) is 1. The molecule has 0 bridgehead atoms. The van der Waals surface area contributed by atoms with Crippen molar-refractivity contribution in [1.82, 2.24) is 0 Å². The number of carbonyl (C=O) groups excluding carboxylic acids is 1. The Morgan fingerprint density at radius 3 is 2.57 bits per heavy atom. The van der Waals surface area contributed by atoms with E-state index in [1.165, 1.54) is 35.6 Å². The Balaban J connectivity index is 1.74. The van der Waals surface area contributed by atoms with Crippen LogP contribution in [0, 0.1) is 12.7 Å². The van der Waals surface area contributed by atoms with Crippen molar-refractivity contribution < 1.29 is 17.6 Å². The van der Waals surface area contributed by atoms with Gasteiger partial charge in [0.2, 0.25) is 5.91 Å². The van der Waals surface area contributed by atoms with Crippen molar-refractivity contribution in [3.05, 3.63) is 76.9 Å². The van der Waals surface area contributed by atoms with E-state index in [9.17, 15) is 17.6 Å². The van der Waals surface area contributed by atoms with Crippen LogP contribution in [0.2, 0.25) is 0 Å². The molecule has 2 aromatic carbocycles. The van der Waals surface area contributed by atoms with Crippen molar-refractivity contribution in [3.63, 3.8) is 0 Å². The summed E-state index contributed by atoms with van der Waals surface area (Å²) in [6.45, 7) is 1.78. The summed E-state index contributed by atoms with van der Waals surface area (Å²) in [6.07, 6.45) is 4.12. The van der Waals surface area contributed by atoms with Crippen LogP contribution in [0.5, 0.6) is 0 Å². The Morgan fingerprint density at radius 1 is 1.11 bits per heavy atom. The molecule has 0 saturated carbocycles. The van der Waals surface area contributed by atoms with Crippen molar-refractivity contribution in [3.8, 4) is 10.4 Å². The number of anilines is 1. The summed E-state index contributed by atoms with van der Waals surface area (Å²) in [5, 5.41) is 2.69. The van der Waals surface area contributed by atoms with Gasteiger partial charge in [-0.1, -0.05) is 24.3 Å². The van der Waals surface area contributed by atoms with E-state index in [1.54, 1.807) is 43.3 Å². The van der Waals surface area contributed by atoms with Crippen molar-refractivity contribution in [2.24, 2.45) is 0 Å². The lowest BCUT2D eigenvalue weighted by atomic mass is 10.2. The second-order valence-electron chi connectivity index (χ2n) is 6.25. The van der Waals surface area contributed by atoms with Crippen LogP contribution in [0.25, 0.3) is 16.5 Å². The van der Waals surface area contributed by atoms with E-state index >= 15 is 0 Å². The summed E-state index contributed by atoms with van der Waals surface area (Å²) in [4.78, 5) is 13.9. The smallest absolute Gasteiger partial charge is 0.248 e. The first-order valence-electron chi connectivity index (χ1n) is 8.38. The number of sulfone groups is 1. The van der Waals surface area contributed by atoms with Crippen LogP contribution >= 0.6 is 11.3 Å². The fraction of sp³-hybridized carbons (Fsp3) is 0.0952. The van der Waals surface area contributed by atoms with Gasteiger partial charge < -0.3 is 5.32 Å². The lowest BCUT2D eigenvalue weighted by Gasteiger charge is -2.08. The van der Waals surface area contributed by atoms with Crippen molar-refractivity contribution >= 4 is 38.8 Å². The second kappa shape index (κ2) is 8.08. The first-order valence-corrected chi connectivity index (χ1v) is 11.1. The molecule has 1 N–H and O–H groups in total. The van der Waals surface area contributed by atoms with Crippen LogP contribution in [0.3, 0.4) is 0 Å². The minimum absolute atomic E-state index is 0.144. The molecule has 0 radical (unpaired) electrons. The van der Waals surface area contributed by atoms with Crippen molar-refractivity contribution in [2.75, 3.05) is 11.6 Å². The minimum atomic E-state index is -3.36. The molecular formula is C21H18FNO3S2. The number of rotatable bonds is 5. The zero-order valence-corrected chi connectivity index (χ0v) is 16.9. The molecule has 1 heterocycles. The fourth-order valence-corrected chi connectivity index (χ4v) is 4.13. The van der Waals surface area contributed by atoms with E-state index in [4.69, 9.17) is 0 Å². The maximum absolute atomic E-state index is 13.9. The lowest BCUT2D eigenvalue weighted by Crippen LogP contribution is -2.10. The number of hydrogen-bond acceptors (Lipinski definition) is 4. The standard InChI is InChI=1S/C21H18FNO3S2/c1-14-7-10-16(28(2,25)26)13-19(14)23-21(24)12-9-15-8-11-20(27-15)17-5-3-4-6-18(17)22/h3-13H,1-2H3,(H,23,24). The van der Waals surface area contributed by atoms with Crippen LogP contribution in [0.1, 0.15) is 10.4 Å². The molecule has 7 heteroatoms. The second-order valence-corrected chi connectivity index (χ2v) is 9.38. The van der Waals surface area contributed by atoms with Gasteiger partial charge in [0.15, 0.2) is 9.84 Å². The quantitative estimate of drug-likeness (QED) is 0.602. The van der Waals surface area contributed by atoms with E-state index in [0.29, 0.717) is 11.3 Å². The van der Waals surface area contributed by atoms with Crippen molar-refractivity contribution in [1.29, 1.82) is 0 Å². The van der Waals surface area contributed by atoms with Gasteiger partial charge in [-0.25, -0.2) is 12.8 Å². The maximum Gasteiger partial charge on any atom is 0.248 e. The molecular weight excluding hydrogens is 397 g/mol. The zero-order valence-electron chi connectivity index (χ0n) is 15.3. The number of amides is 1. The third-order valence-electron chi connectivity index (χ3n) is 4.06. The number of aryl methyl sites for hydroxylation is 1. The molecule has 0 aliphatic carbocycles. The van der Waals surface area contributed by atoms with E-state index in [-0.39, 0.29) is 16.6 Å². The van der Waals surface area contributed by atoms with Crippen LogP contribution in [0.4, 0.5) is 10.1 Å². The third-order valence-corrected chi connectivity index (χ3v) is 6.25. The van der Waals surface area contributed by atoms with Crippen LogP contribution in [-0.2, 0) is 14.6 Å². The van der Waals surface area contributed by atoms with Crippen molar-refractivity contribution in [2.45, 2.75) is 11.8 Å². The number of carbonyl (C=O) groups is 1. The highest BCUT2D eigenvalue weighted by atomic mass is 32.2. The van der Waals surface area contributed by atoms with Gasteiger partial charge in [-0.05, 0) is 48.9 Å². The Hall–Kier alpha value is -2.77. The number of benzene rings is 2. The highest BCUT2D eigenvalue weighted by Gasteiger charge is 2.11. The third kappa shape index (κ3) is 4.74. The zero-order chi connectivity index (χ0) is 20.3. The van der Waals surface area contributed by atoms with E-state index in [2.05, 4.69) is 5.32 Å². The van der Waals surface area contributed by atoms with Gasteiger partial charge in [0.1, 0.15) is 5.82 Å². The fourth-order valence-electron chi connectivity index (χ4n) is 2.55. The van der Waals surface area contributed by atoms with E-state index < -0.39 is 9.84 Å². The molecule has 0 aliphatic rings. The van der Waals surface area contributed by atoms with Gasteiger partial charge in [-0.3, -0.25) is 4.79 Å². The average Bonchev–Trinajstić information content (AvgIpc) is 3.10. The monoisotopic (exact) mass is 415 g/mol. The molecule has 1 amide bonds. The van der Waals surface area contributed by atoms with Gasteiger partial charge in [0.25, 0.3) is 0 Å². The largest absolute Gasteiger partial charge is 0.322 e. The first kappa shape index (κ1) is 20.0. The van der Waals surface area contributed by atoms with Gasteiger partial charge in [-0.15, -0.1) is 11.3 Å². The Kier molecular flexibility index (Phi) is 5.76. The molecule has 0 unspecified atom stereocenters. The average molecular weight is 416 g/mol. The van der Waals surface area contributed by atoms with Gasteiger partial charge >= 0.3 is 0 Å². The number of thiophene rings is 1. The molecule has 3 aromatic rings. The SMILES string of the molecule is Cc1ccc(S(C)(=O)=O)cc1NC(=O)C=Cc1ccc(-c2ccccc2F)s1. The lowest BCUT2D eigenvalue weighted by molar-refractivity contribution is -0.111. The first-order chi connectivity index (χ1) is 13.2. The number of halogens is 1. The van der Waals surface area contributed by atoms with Gasteiger partial charge in [0, 0.05) is 33.3 Å². The molecule has 0 spiro atoms. The van der Waals surface area contributed by atoms with Crippen LogP contribution in [-0.4, -0.2) is 20.6 Å². The molecule has 144 valence electrons. The predicted molar refractivity (Wildman–Crippen MR) is 112 cm³/mol. The molecule has 0 fully saturated rings. The van der Waals surface area contributed by atoms with Crippen LogP contribution < -0.4 is 5.32 Å². The summed E-state index contributed by atoms with van der Waals surface area (Å²) >= 11 is 1.37. The summed E-state index contributed by atoms with van der Waals surface area (Å²) in [7, 11) is -3.36. The Bertz CT molecular complexity index is 1160. The maximum atomic E-state index is 13.9. The summed E-state index contributed by atoms with van der Waals surface area (Å²) in [6, 6.07) is 14.7. The van der Waals surface area contributed by atoms with Gasteiger partial charge in [-0.2, -0.15) is 0 Å². The molecule has 0 atom stereocenters. The highest BCUT2D eigenvalue weighted by Crippen LogP contribution is 2.30. The van der Waals surface area contributed by atoms with Crippen LogP contribution in [0.15, 0.2) is 65.6 Å². The Morgan fingerprint density at radius 2 is 1.86 bits per heavy atom. The molecule has 28 heavy (non-hydrogen) atoms. The number of hydrogen-bond donors (Lipinski definition) is 1. The molecule has 4 nitrogen and oxygen atoms in total. The Labute approximate surface area is 167 Å². The summed E-state index contributed by atoms with van der Waals surface area (Å²) in [5.74, 6) is -0.673. The topological polar surface area (TPSA) is 63.2 Å². The molecule has 0 aliphatic heterocycles. The normalized spacial score (nSPS) is 11.7. The van der Waals surface area contributed by atoms with E-state index in [1.807, 2.05) is 6.07 Å². The van der Waals surface area contributed by atoms with E-state index in [0.717, 1.165) is 21.6 Å². The summed E-state index contributed by atoms with van der Waals surface area (Å²) < 4.78 is 37.2. The summed E-state index contributed by atoms with van der Waals surface area (Å²) in [5.41, 5.74) is 1.72. The molecule has 3 rings (SSSR count). The van der Waals surface area contributed by atoms with Gasteiger partial charge in [0.05, 0.1) is 4.90 Å². The molecule has 0 saturated heterocycles. The predicted octanol–water partition coefficient (Wildman–Crippen LogP) is 4.92. The minimum Gasteiger partial charge on any atom is -0.322 e. The molecule has 1 aromatic heterocycles. The highest BCUT2D eigenvalue weighted by molar-refractivity contribution is 7.90.